The van der Waals surface area contributed by atoms with Crippen molar-refractivity contribution in [1.82, 2.24) is 22.8 Å². The van der Waals surface area contributed by atoms with Crippen molar-refractivity contribution in [3.05, 3.63) is 35.4 Å². The average molecular weight is 736 g/mol. The summed E-state index contributed by atoms with van der Waals surface area (Å²) in [7, 11) is 0. The fourth-order valence-corrected chi connectivity index (χ4v) is 7.26. The first-order valence-corrected chi connectivity index (χ1v) is 16.5. The summed E-state index contributed by atoms with van der Waals surface area (Å²) in [6, 6.07) is 12.0. The fraction of sp³-hybridized carbons (Fsp3) is 0.531. The first-order chi connectivity index (χ1) is 21.5. The van der Waals surface area contributed by atoms with Crippen molar-refractivity contribution in [3.63, 3.8) is 0 Å². The number of halogens is 2. The zero-order valence-electron chi connectivity index (χ0n) is 27.0. The van der Waals surface area contributed by atoms with Gasteiger partial charge in [0.15, 0.2) is 0 Å². The summed E-state index contributed by atoms with van der Waals surface area (Å²) in [5.41, 5.74) is 11.6. The van der Waals surface area contributed by atoms with E-state index < -0.39 is 11.7 Å². The van der Waals surface area contributed by atoms with Crippen molar-refractivity contribution in [2.75, 3.05) is 36.0 Å². The molecule has 0 spiro atoms. The highest BCUT2D eigenvalue weighted by atomic mass is 35.5. The minimum absolute atomic E-state index is 0. The second kappa shape index (κ2) is 17.2. The van der Waals surface area contributed by atoms with Crippen LogP contribution in [0.4, 0.5) is 16.2 Å². The van der Waals surface area contributed by atoms with E-state index >= 15 is 0 Å². The Morgan fingerprint density at radius 1 is 0.833 bits per heavy atom. The van der Waals surface area contributed by atoms with Crippen LogP contribution in [0, 0.1) is 34.5 Å². The van der Waals surface area contributed by atoms with Crippen LogP contribution in [0.5, 0.6) is 0 Å². The van der Waals surface area contributed by atoms with Crippen LogP contribution < -0.4 is 20.9 Å². The minimum atomic E-state index is -0.518. The number of benzene rings is 2. The van der Waals surface area contributed by atoms with E-state index in [4.69, 9.17) is 15.7 Å². The highest BCUT2D eigenvalue weighted by Crippen LogP contribution is 2.32. The lowest BCUT2D eigenvalue weighted by molar-refractivity contribution is 0.0495. The molecule has 6 rings (SSSR count). The molecule has 48 heavy (non-hydrogen) atoms. The number of nitrogens with zero attached hydrogens (tertiary/aromatic N) is 8. The van der Waals surface area contributed by atoms with Crippen LogP contribution in [0.1, 0.15) is 66.0 Å². The summed E-state index contributed by atoms with van der Waals surface area (Å²) in [5, 5.41) is 21.3. The number of rotatable bonds is 3. The number of nitriles is 2. The van der Waals surface area contributed by atoms with Crippen LogP contribution in [0.15, 0.2) is 24.3 Å². The quantitative estimate of drug-likeness (QED) is 0.235. The maximum absolute atomic E-state index is 12.1. The predicted molar refractivity (Wildman–Crippen MR) is 199 cm³/mol. The number of carbonyl (C=O) groups excluding carboxylic acids is 1. The number of nitrogens with one attached hydrogen (secondary N) is 1. The first kappa shape index (κ1) is 40.6. The van der Waals surface area contributed by atoms with Crippen molar-refractivity contribution in [2.45, 2.75) is 72.6 Å². The van der Waals surface area contributed by atoms with Gasteiger partial charge < -0.3 is 25.6 Å². The van der Waals surface area contributed by atoms with E-state index in [1.54, 1.807) is 6.07 Å². The van der Waals surface area contributed by atoms with Gasteiger partial charge in [-0.2, -0.15) is 28.0 Å². The first-order valence-electron chi connectivity index (χ1n) is 15.0. The number of hydrogen-bond donors (Lipinski definition) is 2. The molecule has 4 atom stereocenters. The molecule has 1 amide bonds. The molecule has 0 saturated carbocycles. The van der Waals surface area contributed by atoms with E-state index in [2.05, 4.69) is 58.6 Å². The van der Waals surface area contributed by atoms with E-state index in [9.17, 15) is 10.1 Å². The highest BCUT2D eigenvalue weighted by molar-refractivity contribution is 7.00. The summed E-state index contributed by atoms with van der Waals surface area (Å²) in [5.74, 6) is 0.974. The Bertz CT molecular complexity index is 1750. The fourth-order valence-electron chi connectivity index (χ4n) is 6.12. The lowest BCUT2D eigenvalue weighted by Gasteiger charge is -2.38. The maximum atomic E-state index is 12.1. The Kier molecular flexibility index (Phi) is 14.6. The number of fused-ring (bicyclic) bond motifs is 2. The second-order valence-corrected chi connectivity index (χ2v) is 14.1. The number of nitrogens with two attached hydrogens (primary N) is 1. The molecule has 2 aromatic heterocycles. The Morgan fingerprint density at radius 3 is 1.75 bits per heavy atom. The van der Waals surface area contributed by atoms with Crippen molar-refractivity contribution in [2.24, 2.45) is 17.6 Å². The van der Waals surface area contributed by atoms with E-state index in [-0.39, 0.29) is 44.3 Å². The molecule has 2 aliphatic rings. The van der Waals surface area contributed by atoms with Gasteiger partial charge in [0.05, 0.1) is 46.0 Å². The molecule has 16 heteroatoms. The second-order valence-electron chi connectivity index (χ2n) is 13.0. The molecule has 2 aliphatic heterocycles. The van der Waals surface area contributed by atoms with Crippen molar-refractivity contribution >= 4 is 87.8 Å². The van der Waals surface area contributed by atoms with Crippen molar-refractivity contribution < 1.29 is 9.53 Å². The van der Waals surface area contributed by atoms with Crippen molar-refractivity contribution in [3.8, 4) is 12.1 Å². The standard InChI is InChI=1S/C18H23N5O2S.C13H15N5S.CH4.2ClH/c1-11-7-13(20-17(24)25-18(2,3)4)10-23(9-11)14-6-5-12(8-19)15-16(14)22-26-21-15;1-8-4-10(15)7-18(6-8)11-3-2-9(5-14)12-13(11)17-19-16-12;;;/h5-6,11,13H,7,9-10H2,1-4H3,(H,20,24);2-3,8,10H,4,6-7,15H2,1H3;1H4;2*1H/t11-,13+;8-,10+;;;/m00.../s1. The van der Waals surface area contributed by atoms with Crippen LogP contribution in [0.25, 0.3) is 22.1 Å². The molecule has 2 fully saturated rings. The predicted octanol–water partition coefficient (Wildman–Crippen LogP) is 6.52. The minimum Gasteiger partial charge on any atom is -0.444 e. The molecule has 0 bridgehead atoms. The van der Waals surface area contributed by atoms with Gasteiger partial charge in [-0.15, -0.1) is 24.8 Å². The van der Waals surface area contributed by atoms with E-state index in [0.717, 1.165) is 78.3 Å². The van der Waals surface area contributed by atoms with Crippen molar-refractivity contribution in [1.29, 1.82) is 10.5 Å². The van der Waals surface area contributed by atoms with E-state index in [1.165, 1.54) is 0 Å². The number of carbonyl (C=O) groups is 1. The van der Waals surface area contributed by atoms with Crippen LogP contribution in [-0.2, 0) is 4.74 Å². The lowest BCUT2D eigenvalue weighted by Crippen LogP contribution is -2.51. The molecule has 2 aromatic carbocycles. The summed E-state index contributed by atoms with van der Waals surface area (Å²) >= 11 is 2.26. The molecule has 0 radical (unpaired) electrons. The molecule has 0 unspecified atom stereocenters. The van der Waals surface area contributed by atoms with E-state index in [1.807, 2.05) is 39.0 Å². The van der Waals surface area contributed by atoms with Gasteiger partial charge in [0.1, 0.15) is 39.8 Å². The highest BCUT2D eigenvalue weighted by Gasteiger charge is 2.29. The van der Waals surface area contributed by atoms with Gasteiger partial charge in [-0.1, -0.05) is 21.3 Å². The monoisotopic (exact) mass is 734 g/mol. The normalized spacial score (nSPS) is 20.5. The smallest absolute Gasteiger partial charge is 0.407 e. The topological polar surface area (TPSA) is 170 Å². The summed E-state index contributed by atoms with van der Waals surface area (Å²) in [6.45, 7) is 13.3. The number of alkyl carbamates (subject to hydrolysis) is 1. The molecule has 4 heterocycles. The summed E-state index contributed by atoms with van der Waals surface area (Å²) in [6.07, 6.45) is 1.56. The Balaban J connectivity index is 0.000000326. The third-order valence-corrected chi connectivity index (χ3v) is 8.84. The zero-order valence-corrected chi connectivity index (χ0v) is 30.2. The molecule has 3 N–H and O–H groups in total. The summed E-state index contributed by atoms with van der Waals surface area (Å²) in [4.78, 5) is 16.6. The van der Waals surface area contributed by atoms with Gasteiger partial charge >= 0.3 is 6.09 Å². The lowest BCUT2D eigenvalue weighted by atomic mass is 9.95. The summed E-state index contributed by atoms with van der Waals surface area (Å²) < 4.78 is 22.6. The number of anilines is 2. The van der Waals surface area contributed by atoms with Crippen LogP contribution in [0.3, 0.4) is 0 Å². The van der Waals surface area contributed by atoms with Gasteiger partial charge in [-0.3, -0.25) is 0 Å². The van der Waals surface area contributed by atoms with Gasteiger partial charge in [0.25, 0.3) is 0 Å². The molecular weight excluding hydrogens is 691 g/mol. The number of ether oxygens (including phenoxy) is 1. The molecule has 12 nitrogen and oxygen atoms in total. The third-order valence-electron chi connectivity index (χ3n) is 7.78. The largest absolute Gasteiger partial charge is 0.444 e. The number of amides is 1. The Hall–Kier alpha value is -3.53. The molecule has 2 saturated heterocycles. The van der Waals surface area contributed by atoms with E-state index in [0.29, 0.717) is 40.5 Å². The Morgan fingerprint density at radius 2 is 1.29 bits per heavy atom. The van der Waals surface area contributed by atoms with Gasteiger partial charge in [-0.05, 0) is 69.7 Å². The number of hydrogen-bond acceptors (Lipinski definition) is 13. The SMILES string of the molecule is C.C[C@H]1C[C@@H](N)CN(c2ccc(C#N)c3nsnc23)C1.C[C@H]1C[C@@H](NC(=O)OC(C)(C)C)CN(c2ccc(C#N)c3nsnc23)C1.Cl.Cl. The maximum Gasteiger partial charge on any atom is 0.407 e. The molecular formula is C32H44Cl2N10O2S2. The average Bonchev–Trinajstić information content (AvgIpc) is 3.65. The van der Waals surface area contributed by atoms with Crippen LogP contribution in [0.2, 0.25) is 0 Å². The number of aromatic nitrogens is 4. The van der Waals surface area contributed by atoms with Gasteiger partial charge in [-0.25, -0.2) is 4.79 Å². The van der Waals surface area contributed by atoms with Gasteiger partial charge in [0.2, 0.25) is 0 Å². The third kappa shape index (κ3) is 9.55. The Labute approximate surface area is 303 Å². The van der Waals surface area contributed by atoms with Crippen LogP contribution in [-0.4, -0.2) is 67.5 Å². The van der Waals surface area contributed by atoms with Gasteiger partial charge in [0, 0.05) is 38.3 Å². The molecule has 0 aliphatic carbocycles. The number of piperidine rings is 2. The molecule has 260 valence electrons. The van der Waals surface area contributed by atoms with Crippen LogP contribution >= 0.6 is 48.3 Å². The molecule has 4 aromatic rings. The zero-order chi connectivity index (χ0) is 32.3.